The zero-order chi connectivity index (χ0) is 15.6. The Morgan fingerprint density at radius 1 is 0.864 bits per heavy atom. The largest absolute Gasteiger partial charge is 0.328 e. The molecule has 116 valence electrons. The smallest absolute Gasteiger partial charge is 0.188 e. The Hall–Kier alpha value is -1.65. The third-order valence-corrected chi connectivity index (χ3v) is 7.27. The standard InChI is InChI=1S/C18H21NO2S/c19-16-11-13-18(14-12-16,15-7-3-1-4-8-15)22(20,21)17-9-5-2-6-10-17/h1-10,16H,11-14,19H2. The summed E-state index contributed by atoms with van der Waals surface area (Å²) in [5.41, 5.74) is 6.90. The Kier molecular flexibility index (Phi) is 4.06. The predicted molar refractivity (Wildman–Crippen MR) is 88.2 cm³/mol. The summed E-state index contributed by atoms with van der Waals surface area (Å²) in [5, 5.41) is 0. The van der Waals surface area contributed by atoms with Crippen molar-refractivity contribution in [2.75, 3.05) is 0 Å². The molecule has 0 aromatic heterocycles. The van der Waals surface area contributed by atoms with Gasteiger partial charge in [-0.3, -0.25) is 0 Å². The maximum absolute atomic E-state index is 13.4. The van der Waals surface area contributed by atoms with Crippen LogP contribution in [0, 0.1) is 0 Å². The first kappa shape index (κ1) is 15.3. The van der Waals surface area contributed by atoms with Gasteiger partial charge in [0.05, 0.1) is 4.90 Å². The van der Waals surface area contributed by atoms with Crippen LogP contribution >= 0.6 is 0 Å². The van der Waals surface area contributed by atoms with E-state index < -0.39 is 14.6 Å². The topological polar surface area (TPSA) is 60.2 Å². The highest BCUT2D eigenvalue weighted by molar-refractivity contribution is 7.92. The summed E-state index contributed by atoms with van der Waals surface area (Å²) >= 11 is 0. The molecule has 0 saturated heterocycles. The highest BCUT2D eigenvalue weighted by atomic mass is 32.2. The van der Waals surface area contributed by atoms with E-state index in [2.05, 4.69) is 0 Å². The van der Waals surface area contributed by atoms with E-state index in [1.807, 2.05) is 36.4 Å². The maximum Gasteiger partial charge on any atom is 0.188 e. The third-order valence-electron chi connectivity index (χ3n) is 4.71. The van der Waals surface area contributed by atoms with Crippen LogP contribution in [0.15, 0.2) is 65.6 Å². The van der Waals surface area contributed by atoms with Crippen molar-refractivity contribution in [1.82, 2.24) is 0 Å². The van der Waals surface area contributed by atoms with E-state index in [0.29, 0.717) is 17.7 Å². The quantitative estimate of drug-likeness (QED) is 0.945. The Morgan fingerprint density at radius 3 is 1.91 bits per heavy atom. The van der Waals surface area contributed by atoms with Crippen molar-refractivity contribution in [3.8, 4) is 0 Å². The average molecular weight is 315 g/mol. The van der Waals surface area contributed by atoms with Crippen molar-refractivity contribution in [3.63, 3.8) is 0 Å². The van der Waals surface area contributed by atoms with E-state index >= 15 is 0 Å². The first-order chi connectivity index (χ1) is 10.6. The van der Waals surface area contributed by atoms with Crippen molar-refractivity contribution in [3.05, 3.63) is 66.2 Å². The number of hydrogen-bond acceptors (Lipinski definition) is 3. The minimum absolute atomic E-state index is 0.0998. The van der Waals surface area contributed by atoms with E-state index in [9.17, 15) is 8.42 Å². The monoisotopic (exact) mass is 315 g/mol. The van der Waals surface area contributed by atoms with Crippen LogP contribution in [0.25, 0.3) is 0 Å². The molecule has 1 saturated carbocycles. The molecule has 1 aliphatic carbocycles. The number of benzene rings is 2. The van der Waals surface area contributed by atoms with Crippen molar-refractivity contribution >= 4 is 9.84 Å². The van der Waals surface area contributed by atoms with Crippen LogP contribution in [-0.2, 0) is 14.6 Å². The zero-order valence-electron chi connectivity index (χ0n) is 12.5. The second-order valence-corrected chi connectivity index (χ2v) is 8.27. The van der Waals surface area contributed by atoms with E-state index in [1.165, 1.54) is 0 Å². The normalized spacial score (nSPS) is 25.8. The molecule has 0 aliphatic heterocycles. The lowest BCUT2D eigenvalue weighted by molar-refractivity contribution is 0.346. The molecule has 0 atom stereocenters. The fourth-order valence-electron chi connectivity index (χ4n) is 3.39. The Balaban J connectivity index is 2.15. The number of nitrogens with two attached hydrogens (primary N) is 1. The molecular weight excluding hydrogens is 294 g/mol. The van der Waals surface area contributed by atoms with E-state index in [4.69, 9.17) is 5.73 Å². The molecule has 1 fully saturated rings. The van der Waals surface area contributed by atoms with Crippen LogP contribution in [0.4, 0.5) is 0 Å². The van der Waals surface area contributed by atoms with E-state index in [-0.39, 0.29) is 6.04 Å². The molecule has 2 aromatic carbocycles. The van der Waals surface area contributed by atoms with Gasteiger partial charge in [-0.05, 0) is 43.4 Å². The van der Waals surface area contributed by atoms with Gasteiger partial charge >= 0.3 is 0 Å². The third kappa shape index (κ3) is 2.46. The van der Waals surface area contributed by atoms with Crippen LogP contribution in [0.5, 0.6) is 0 Å². The highest BCUT2D eigenvalue weighted by Crippen LogP contribution is 2.46. The van der Waals surface area contributed by atoms with Gasteiger partial charge in [0.2, 0.25) is 0 Å². The lowest BCUT2D eigenvalue weighted by Gasteiger charge is -2.39. The first-order valence-corrected chi connectivity index (χ1v) is 9.15. The molecule has 0 amide bonds. The van der Waals surface area contributed by atoms with Gasteiger partial charge in [0.1, 0.15) is 4.75 Å². The van der Waals surface area contributed by atoms with Gasteiger partial charge in [-0.1, -0.05) is 48.5 Å². The van der Waals surface area contributed by atoms with Gasteiger partial charge in [-0.2, -0.15) is 0 Å². The summed E-state index contributed by atoms with van der Waals surface area (Å²) in [6, 6.07) is 18.5. The number of rotatable bonds is 3. The average Bonchev–Trinajstić information content (AvgIpc) is 2.57. The van der Waals surface area contributed by atoms with Crippen molar-refractivity contribution in [2.24, 2.45) is 5.73 Å². The minimum atomic E-state index is -3.46. The summed E-state index contributed by atoms with van der Waals surface area (Å²) in [5.74, 6) is 0. The maximum atomic E-state index is 13.4. The summed E-state index contributed by atoms with van der Waals surface area (Å²) in [6.45, 7) is 0. The molecule has 0 unspecified atom stereocenters. The number of sulfone groups is 1. The molecule has 3 nitrogen and oxygen atoms in total. The van der Waals surface area contributed by atoms with Crippen LogP contribution in [0.2, 0.25) is 0 Å². The first-order valence-electron chi connectivity index (χ1n) is 7.67. The number of hydrogen-bond donors (Lipinski definition) is 1. The molecule has 0 radical (unpaired) electrons. The Labute approximate surface area is 132 Å². The summed E-state index contributed by atoms with van der Waals surface area (Å²) in [7, 11) is -3.46. The summed E-state index contributed by atoms with van der Waals surface area (Å²) in [4.78, 5) is 0.398. The molecule has 4 heteroatoms. The molecule has 0 bridgehead atoms. The van der Waals surface area contributed by atoms with Gasteiger partial charge in [0, 0.05) is 6.04 Å². The van der Waals surface area contributed by atoms with Gasteiger partial charge in [-0.15, -0.1) is 0 Å². The minimum Gasteiger partial charge on any atom is -0.328 e. The SMILES string of the molecule is NC1CCC(c2ccccc2)(S(=O)(=O)c2ccccc2)CC1. The van der Waals surface area contributed by atoms with Gasteiger partial charge in [0.15, 0.2) is 9.84 Å². The lowest BCUT2D eigenvalue weighted by Crippen LogP contribution is -2.42. The van der Waals surface area contributed by atoms with E-state index in [0.717, 1.165) is 18.4 Å². The molecule has 2 N–H and O–H groups in total. The zero-order valence-corrected chi connectivity index (χ0v) is 13.3. The van der Waals surface area contributed by atoms with Crippen LogP contribution in [0.1, 0.15) is 31.2 Å². The molecule has 0 heterocycles. The molecule has 1 aliphatic rings. The second-order valence-electron chi connectivity index (χ2n) is 6.01. The van der Waals surface area contributed by atoms with Crippen molar-refractivity contribution < 1.29 is 8.42 Å². The van der Waals surface area contributed by atoms with Crippen molar-refractivity contribution in [2.45, 2.75) is 41.4 Å². The molecular formula is C18H21NO2S. The second kappa shape index (κ2) is 5.86. The van der Waals surface area contributed by atoms with E-state index in [1.54, 1.807) is 24.3 Å². The van der Waals surface area contributed by atoms with Crippen LogP contribution < -0.4 is 5.73 Å². The molecule has 3 rings (SSSR count). The molecule has 2 aromatic rings. The fourth-order valence-corrected chi connectivity index (χ4v) is 5.57. The molecule has 0 spiro atoms. The highest BCUT2D eigenvalue weighted by Gasteiger charge is 2.47. The predicted octanol–water partition coefficient (Wildman–Crippen LogP) is 3.26. The van der Waals surface area contributed by atoms with Gasteiger partial charge in [0.25, 0.3) is 0 Å². The Morgan fingerprint density at radius 2 is 1.36 bits per heavy atom. The van der Waals surface area contributed by atoms with Gasteiger partial charge in [-0.25, -0.2) is 8.42 Å². The van der Waals surface area contributed by atoms with Gasteiger partial charge < -0.3 is 5.73 Å². The Bertz CT molecular complexity index is 718. The van der Waals surface area contributed by atoms with Crippen LogP contribution in [0.3, 0.4) is 0 Å². The summed E-state index contributed by atoms with van der Waals surface area (Å²) in [6.07, 6.45) is 2.63. The lowest BCUT2D eigenvalue weighted by atomic mass is 9.81. The van der Waals surface area contributed by atoms with Crippen molar-refractivity contribution in [1.29, 1.82) is 0 Å². The fraction of sp³-hybridized carbons (Fsp3) is 0.333. The summed E-state index contributed by atoms with van der Waals surface area (Å²) < 4.78 is 25.9. The van der Waals surface area contributed by atoms with Crippen LogP contribution in [-0.4, -0.2) is 14.5 Å². The molecule has 22 heavy (non-hydrogen) atoms.